The molecule has 2 spiro atoms. The Labute approximate surface area is 172 Å². The second-order valence-electron chi connectivity index (χ2n) is 10.8. The van der Waals surface area contributed by atoms with Crippen LogP contribution in [0.15, 0.2) is 0 Å². The third-order valence-electron chi connectivity index (χ3n) is 9.15. The quantitative estimate of drug-likeness (QED) is 0.334. The molecule has 0 aromatic rings. The molecule has 0 aromatic heterocycles. The summed E-state index contributed by atoms with van der Waals surface area (Å²) in [4.78, 5) is 25.9. The van der Waals surface area contributed by atoms with Crippen LogP contribution in [0.5, 0.6) is 0 Å². The summed E-state index contributed by atoms with van der Waals surface area (Å²) in [6.45, 7) is 7.28. The fourth-order valence-corrected chi connectivity index (χ4v) is 8.25. The Balaban J connectivity index is 1.71. The van der Waals surface area contributed by atoms with E-state index in [2.05, 4.69) is 0 Å². The summed E-state index contributed by atoms with van der Waals surface area (Å²) in [5.41, 5.74) is -8.01. The molecule has 0 bridgehead atoms. The van der Waals surface area contributed by atoms with Crippen LogP contribution in [0.4, 0.5) is 0 Å². The zero-order valence-electron chi connectivity index (χ0n) is 17.1. The van der Waals surface area contributed by atoms with Gasteiger partial charge in [0, 0.05) is 5.92 Å². The molecule has 8 unspecified atom stereocenters. The lowest BCUT2D eigenvalue weighted by Crippen LogP contribution is -2.67. The minimum atomic E-state index is -2.15. The first-order valence-corrected chi connectivity index (χ1v) is 10.4. The maximum Gasteiger partial charge on any atom is 0.342 e. The molecule has 4 heterocycles. The van der Waals surface area contributed by atoms with Crippen LogP contribution in [0.2, 0.25) is 0 Å². The van der Waals surface area contributed by atoms with Crippen molar-refractivity contribution in [1.29, 1.82) is 0 Å². The Bertz CT molecular complexity index is 883. The highest BCUT2D eigenvalue weighted by atomic mass is 16.8. The molecular weight excluding hydrogens is 400 g/mol. The molecule has 30 heavy (non-hydrogen) atoms. The fraction of sp³-hybridized carbons (Fsp3) is 0.900. The molecule has 2 saturated carbocycles. The monoisotopic (exact) mass is 426 g/mol. The Morgan fingerprint density at radius 3 is 2.40 bits per heavy atom. The molecular formula is C20H26O10. The van der Waals surface area contributed by atoms with Crippen molar-refractivity contribution in [3.05, 3.63) is 0 Å². The number of esters is 2. The van der Waals surface area contributed by atoms with E-state index in [9.17, 15) is 30.0 Å². The summed E-state index contributed by atoms with van der Waals surface area (Å²) >= 11 is 0. The van der Waals surface area contributed by atoms with Crippen LogP contribution in [-0.2, 0) is 28.5 Å². The number of carbonyl (C=O) groups excluding carboxylic acids is 2. The van der Waals surface area contributed by atoms with Gasteiger partial charge in [-0.15, -0.1) is 0 Å². The highest BCUT2D eigenvalue weighted by Crippen LogP contribution is 2.84. The number of carbonyl (C=O) groups is 2. The molecule has 10 nitrogen and oxygen atoms in total. The Kier molecular flexibility index (Phi) is 3.15. The van der Waals surface area contributed by atoms with Crippen molar-refractivity contribution in [3.63, 3.8) is 0 Å². The van der Waals surface area contributed by atoms with Crippen LogP contribution in [0, 0.1) is 28.1 Å². The van der Waals surface area contributed by atoms with E-state index in [0.29, 0.717) is 0 Å². The van der Waals surface area contributed by atoms with Crippen molar-refractivity contribution in [3.8, 4) is 0 Å². The topological polar surface area (TPSA) is 152 Å². The molecule has 4 saturated heterocycles. The zero-order valence-corrected chi connectivity index (χ0v) is 17.1. The zero-order chi connectivity index (χ0) is 21.8. The van der Waals surface area contributed by atoms with Crippen molar-refractivity contribution < 1.29 is 49.0 Å². The van der Waals surface area contributed by atoms with Gasteiger partial charge in [-0.1, -0.05) is 27.7 Å². The van der Waals surface area contributed by atoms with Crippen LogP contribution in [0.1, 0.15) is 34.1 Å². The third kappa shape index (κ3) is 1.39. The van der Waals surface area contributed by atoms with Crippen molar-refractivity contribution in [2.24, 2.45) is 28.1 Å². The van der Waals surface area contributed by atoms with E-state index < -0.39 is 88.2 Å². The largest absolute Gasteiger partial charge is 0.459 e. The summed E-state index contributed by atoms with van der Waals surface area (Å²) in [5.74, 6) is -3.26. The summed E-state index contributed by atoms with van der Waals surface area (Å²) in [6.07, 6.45) is -8.09. The second kappa shape index (κ2) is 4.87. The summed E-state index contributed by atoms with van der Waals surface area (Å²) in [5, 5.41) is 45.1. The minimum absolute atomic E-state index is 0.251. The highest BCUT2D eigenvalue weighted by Gasteiger charge is 3.03. The predicted molar refractivity (Wildman–Crippen MR) is 93.0 cm³/mol. The lowest BCUT2D eigenvalue weighted by atomic mass is 9.51. The van der Waals surface area contributed by atoms with E-state index in [1.54, 1.807) is 0 Å². The van der Waals surface area contributed by atoms with Crippen LogP contribution in [-0.4, -0.2) is 80.6 Å². The summed E-state index contributed by atoms with van der Waals surface area (Å²) < 4.78 is 22.8. The molecule has 4 N–H and O–H groups in total. The van der Waals surface area contributed by atoms with Crippen LogP contribution in [0.25, 0.3) is 0 Å². The van der Waals surface area contributed by atoms with E-state index in [1.165, 1.54) is 6.92 Å². The Morgan fingerprint density at radius 1 is 1.10 bits per heavy atom. The van der Waals surface area contributed by atoms with Gasteiger partial charge in [0.05, 0.1) is 16.9 Å². The van der Waals surface area contributed by atoms with Crippen LogP contribution >= 0.6 is 0 Å². The van der Waals surface area contributed by atoms with Crippen LogP contribution in [0.3, 0.4) is 0 Å². The second-order valence-corrected chi connectivity index (χ2v) is 10.8. The van der Waals surface area contributed by atoms with E-state index in [0.717, 1.165) is 0 Å². The van der Waals surface area contributed by atoms with Gasteiger partial charge in [-0.2, -0.15) is 0 Å². The molecule has 10 heteroatoms. The van der Waals surface area contributed by atoms with Crippen molar-refractivity contribution in [1.82, 2.24) is 0 Å². The number of rotatable bonds is 0. The van der Waals surface area contributed by atoms with Crippen molar-refractivity contribution in [2.75, 3.05) is 0 Å². The van der Waals surface area contributed by atoms with Crippen molar-refractivity contribution in [2.45, 2.75) is 82.3 Å². The van der Waals surface area contributed by atoms with Gasteiger partial charge in [-0.3, -0.25) is 0 Å². The third-order valence-corrected chi connectivity index (χ3v) is 9.15. The number of ether oxygens (including phenoxy) is 4. The van der Waals surface area contributed by atoms with Gasteiger partial charge in [0.15, 0.2) is 12.4 Å². The first-order valence-electron chi connectivity index (χ1n) is 10.4. The minimum Gasteiger partial charge on any atom is -0.459 e. The summed E-state index contributed by atoms with van der Waals surface area (Å²) in [6, 6.07) is 0. The lowest BCUT2D eigenvalue weighted by molar-refractivity contribution is -0.239. The number of fused-ring (bicyclic) bond motifs is 1. The maximum absolute atomic E-state index is 13.4. The van der Waals surface area contributed by atoms with E-state index in [-0.39, 0.29) is 6.42 Å². The first-order chi connectivity index (χ1) is 13.8. The van der Waals surface area contributed by atoms with Gasteiger partial charge in [-0.05, 0) is 17.8 Å². The molecule has 4 aliphatic heterocycles. The standard InChI is InChI=1S/C20H26O10/c1-6-12(23)28-11-9(21)18-8-5-7(16(2,3)4)17(18)10(22)13(24)29-15(17)30-20(18,14(25)27-8)19(6,11)26/h6-12,15,21-23,26H,5H2,1-4H3/t6-,7?,8?,9+,10+,11?,12?,15?,17?,18?,19-,20?/m1/s1. The molecule has 0 radical (unpaired) electrons. The van der Waals surface area contributed by atoms with Gasteiger partial charge in [-0.25, -0.2) is 9.59 Å². The van der Waals surface area contributed by atoms with Crippen LogP contribution < -0.4 is 0 Å². The van der Waals surface area contributed by atoms with Crippen molar-refractivity contribution >= 4 is 11.9 Å². The molecule has 6 fully saturated rings. The molecule has 12 atom stereocenters. The lowest BCUT2D eigenvalue weighted by Gasteiger charge is -2.47. The Morgan fingerprint density at radius 2 is 1.77 bits per heavy atom. The molecule has 166 valence electrons. The normalized spacial score (nSPS) is 62.8. The number of hydrogen-bond donors (Lipinski definition) is 4. The maximum atomic E-state index is 13.4. The van der Waals surface area contributed by atoms with Gasteiger partial charge in [0.25, 0.3) is 0 Å². The van der Waals surface area contributed by atoms with E-state index in [1.807, 2.05) is 20.8 Å². The fourth-order valence-electron chi connectivity index (χ4n) is 8.25. The van der Waals surface area contributed by atoms with Gasteiger partial charge >= 0.3 is 11.9 Å². The molecule has 2 aliphatic carbocycles. The average molecular weight is 426 g/mol. The van der Waals surface area contributed by atoms with E-state index in [4.69, 9.17) is 18.9 Å². The molecule has 0 amide bonds. The average Bonchev–Trinajstić information content (AvgIpc) is 3.35. The number of aliphatic hydroxyl groups excluding tert-OH is 3. The summed E-state index contributed by atoms with van der Waals surface area (Å²) in [7, 11) is 0. The van der Waals surface area contributed by atoms with Gasteiger partial charge in [0.2, 0.25) is 11.9 Å². The highest BCUT2D eigenvalue weighted by molar-refractivity contribution is 5.91. The first kappa shape index (κ1) is 19.4. The van der Waals surface area contributed by atoms with Gasteiger partial charge < -0.3 is 39.4 Å². The number of hydrogen-bond acceptors (Lipinski definition) is 10. The molecule has 6 aliphatic rings. The molecule has 0 aromatic carbocycles. The van der Waals surface area contributed by atoms with E-state index >= 15 is 0 Å². The number of aliphatic hydroxyl groups is 4. The molecule has 6 rings (SSSR count). The predicted octanol–water partition coefficient (Wildman–Crippen LogP) is -1.58. The SMILES string of the molecule is C[C@@H]1C(O)OC2[C@H](O)C34C5CC(C(C)(C)C)C36C(OC(=O)[C@@H]6O)OC4(C(=O)O5)[C@]21O. The smallest absolute Gasteiger partial charge is 0.342 e. The Hall–Kier alpha value is -1.30. The van der Waals surface area contributed by atoms with Gasteiger partial charge in [0.1, 0.15) is 17.8 Å².